The lowest BCUT2D eigenvalue weighted by Crippen LogP contribution is -2.50. The molecule has 1 heterocycles. The van der Waals surface area contributed by atoms with E-state index in [0.29, 0.717) is 18.5 Å². The zero-order valence-electron chi connectivity index (χ0n) is 13.6. The van der Waals surface area contributed by atoms with Gasteiger partial charge in [-0.1, -0.05) is 25.1 Å². The highest BCUT2D eigenvalue weighted by molar-refractivity contribution is 5.83. The van der Waals surface area contributed by atoms with E-state index in [4.69, 9.17) is 0 Å². The first-order valence-corrected chi connectivity index (χ1v) is 8.41. The number of benzene rings is 1. The van der Waals surface area contributed by atoms with Crippen molar-refractivity contribution in [3.05, 3.63) is 35.4 Å². The molecule has 4 atom stereocenters. The lowest BCUT2D eigenvalue weighted by Gasteiger charge is -2.39. The molecule has 3 nitrogen and oxygen atoms in total. The highest BCUT2D eigenvalue weighted by Crippen LogP contribution is 2.50. The summed E-state index contributed by atoms with van der Waals surface area (Å²) in [4.78, 5) is 14.5. The molecule has 132 valence electrons. The standard InChI is InChI=1S/C18H22F3NO2/c1-11-4-3-7-22(16(11)10-23)17(24)15-9-14(15)12-5-2-6-13(8-12)18(19,20)21/h2,5-6,8,11,14-16,23H,3-4,7,9-10H2,1H3. The van der Waals surface area contributed by atoms with Crippen molar-refractivity contribution in [2.24, 2.45) is 11.8 Å². The Hall–Kier alpha value is -1.56. The van der Waals surface area contributed by atoms with Crippen LogP contribution < -0.4 is 0 Å². The topological polar surface area (TPSA) is 40.5 Å². The summed E-state index contributed by atoms with van der Waals surface area (Å²) in [5.41, 5.74) is -0.0910. The number of halogens is 3. The number of hydrogen-bond acceptors (Lipinski definition) is 2. The highest BCUT2D eigenvalue weighted by atomic mass is 19.4. The average Bonchev–Trinajstić information content (AvgIpc) is 3.34. The third kappa shape index (κ3) is 3.29. The second-order valence-corrected chi connectivity index (χ2v) is 6.97. The van der Waals surface area contributed by atoms with E-state index in [1.165, 1.54) is 6.07 Å². The molecule has 0 bridgehead atoms. The van der Waals surface area contributed by atoms with Gasteiger partial charge in [0.1, 0.15) is 0 Å². The van der Waals surface area contributed by atoms with Crippen molar-refractivity contribution in [3.8, 4) is 0 Å². The molecule has 1 aliphatic heterocycles. The van der Waals surface area contributed by atoms with Crippen molar-refractivity contribution in [1.82, 2.24) is 4.90 Å². The van der Waals surface area contributed by atoms with Gasteiger partial charge in [0.15, 0.2) is 0 Å². The van der Waals surface area contributed by atoms with Crippen LogP contribution in [0.3, 0.4) is 0 Å². The van der Waals surface area contributed by atoms with Crippen molar-refractivity contribution in [3.63, 3.8) is 0 Å². The zero-order chi connectivity index (χ0) is 17.5. The van der Waals surface area contributed by atoms with E-state index in [9.17, 15) is 23.1 Å². The first kappa shape index (κ1) is 17.3. The van der Waals surface area contributed by atoms with Gasteiger partial charge in [0, 0.05) is 12.5 Å². The van der Waals surface area contributed by atoms with Crippen LogP contribution in [-0.2, 0) is 11.0 Å². The highest BCUT2D eigenvalue weighted by Gasteiger charge is 2.48. The summed E-state index contributed by atoms with van der Waals surface area (Å²) in [5, 5.41) is 9.57. The second kappa shape index (κ2) is 6.39. The molecule has 0 aromatic heterocycles. The summed E-state index contributed by atoms with van der Waals surface area (Å²) < 4.78 is 38.5. The Morgan fingerprint density at radius 3 is 2.79 bits per heavy atom. The molecule has 1 saturated carbocycles. The average molecular weight is 341 g/mol. The van der Waals surface area contributed by atoms with E-state index in [1.54, 1.807) is 11.0 Å². The minimum absolute atomic E-state index is 0.0250. The summed E-state index contributed by atoms with van der Waals surface area (Å²) in [5.74, 6) is -0.175. The van der Waals surface area contributed by atoms with E-state index in [0.717, 1.165) is 25.0 Å². The van der Waals surface area contributed by atoms with Crippen LogP contribution in [0.2, 0.25) is 0 Å². The molecule has 0 spiro atoms. The summed E-state index contributed by atoms with van der Waals surface area (Å²) in [6.45, 7) is 2.59. The molecule has 0 radical (unpaired) electrons. The number of alkyl halides is 3. The summed E-state index contributed by atoms with van der Waals surface area (Å²) in [6, 6.07) is 5.10. The van der Waals surface area contributed by atoms with Crippen molar-refractivity contribution >= 4 is 5.91 Å². The molecule has 3 rings (SSSR count). The van der Waals surface area contributed by atoms with Crippen LogP contribution in [0.5, 0.6) is 0 Å². The minimum Gasteiger partial charge on any atom is -0.394 e. The number of likely N-dealkylation sites (tertiary alicyclic amines) is 1. The van der Waals surface area contributed by atoms with Gasteiger partial charge in [0.2, 0.25) is 5.91 Å². The van der Waals surface area contributed by atoms with Gasteiger partial charge in [0.05, 0.1) is 18.2 Å². The van der Waals surface area contributed by atoms with Crippen LogP contribution in [0.15, 0.2) is 24.3 Å². The summed E-state index contributed by atoms with van der Waals surface area (Å²) in [6.07, 6.45) is -1.89. The van der Waals surface area contributed by atoms with E-state index >= 15 is 0 Å². The van der Waals surface area contributed by atoms with E-state index in [2.05, 4.69) is 0 Å². The number of carbonyl (C=O) groups is 1. The van der Waals surface area contributed by atoms with Crippen LogP contribution >= 0.6 is 0 Å². The molecule has 1 N–H and O–H groups in total. The van der Waals surface area contributed by atoms with Crippen LogP contribution in [-0.4, -0.2) is 35.1 Å². The molecule has 1 aliphatic carbocycles. The van der Waals surface area contributed by atoms with E-state index in [-0.39, 0.29) is 36.3 Å². The van der Waals surface area contributed by atoms with Gasteiger partial charge in [-0.2, -0.15) is 13.2 Å². The summed E-state index contributed by atoms with van der Waals surface area (Å²) in [7, 11) is 0. The van der Waals surface area contributed by atoms with E-state index in [1.807, 2.05) is 6.92 Å². The SMILES string of the molecule is CC1CCCN(C(=O)C2CC2c2cccc(C(F)(F)F)c2)C1CO. The first-order valence-electron chi connectivity index (χ1n) is 8.41. The monoisotopic (exact) mass is 341 g/mol. The van der Waals surface area contributed by atoms with Crippen LogP contribution in [0.25, 0.3) is 0 Å². The number of hydrogen-bond donors (Lipinski definition) is 1. The maximum atomic E-state index is 12.8. The zero-order valence-corrected chi connectivity index (χ0v) is 13.6. The van der Waals surface area contributed by atoms with Gasteiger partial charge < -0.3 is 10.0 Å². The smallest absolute Gasteiger partial charge is 0.394 e. The number of piperidine rings is 1. The van der Waals surface area contributed by atoms with Crippen LogP contribution in [0.1, 0.15) is 43.2 Å². The predicted octanol–water partition coefficient (Wildman–Crippen LogP) is 3.43. The normalized spacial score (nSPS) is 30.3. The van der Waals surface area contributed by atoms with Gasteiger partial charge in [-0.25, -0.2) is 0 Å². The van der Waals surface area contributed by atoms with Crippen molar-refractivity contribution in [2.45, 2.75) is 44.3 Å². The largest absolute Gasteiger partial charge is 0.416 e. The van der Waals surface area contributed by atoms with Crippen molar-refractivity contribution < 1.29 is 23.1 Å². The van der Waals surface area contributed by atoms with Gasteiger partial charge >= 0.3 is 6.18 Å². The molecule has 6 heteroatoms. The molecule has 4 unspecified atom stereocenters. The number of rotatable bonds is 3. The van der Waals surface area contributed by atoms with Gasteiger partial charge in [-0.05, 0) is 42.7 Å². The fourth-order valence-electron chi connectivity index (χ4n) is 3.80. The third-order valence-corrected chi connectivity index (χ3v) is 5.34. The van der Waals surface area contributed by atoms with E-state index < -0.39 is 11.7 Å². The molecule has 2 fully saturated rings. The Kier molecular flexibility index (Phi) is 4.60. The molecular weight excluding hydrogens is 319 g/mol. The molecule has 1 amide bonds. The molecule has 1 saturated heterocycles. The molecule has 2 aliphatic rings. The number of amides is 1. The number of aliphatic hydroxyl groups is 1. The Labute approximate surface area is 139 Å². The van der Waals surface area contributed by atoms with Gasteiger partial charge in [0.25, 0.3) is 0 Å². The number of carbonyl (C=O) groups excluding carboxylic acids is 1. The van der Waals surface area contributed by atoms with Crippen molar-refractivity contribution in [2.75, 3.05) is 13.2 Å². The summed E-state index contributed by atoms with van der Waals surface area (Å²) >= 11 is 0. The number of aliphatic hydroxyl groups excluding tert-OH is 1. The van der Waals surface area contributed by atoms with Gasteiger partial charge in [-0.3, -0.25) is 4.79 Å². The Morgan fingerprint density at radius 1 is 1.38 bits per heavy atom. The second-order valence-electron chi connectivity index (χ2n) is 6.97. The Morgan fingerprint density at radius 2 is 2.12 bits per heavy atom. The molecule has 24 heavy (non-hydrogen) atoms. The maximum absolute atomic E-state index is 12.8. The number of nitrogens with zero attached hydrogens (tertiary/aromatic N) is 1. The molecule has 1 aromatic carbocycles. The van der Waals surface area contributed by atoms with Crippen LogP contribution in [0.4, 0.5) is 13.2 Å². The first-order chi connectivity index (χ1) is 11.3. The molecular formula is C18H22F3NO2. The fourth-order valence-corrected chi connectivity index (χ4v) is 3.80. The molecule has 1 aromatic rings. The predicted molar refractivity (Wildman–Crippen MR) is 83.3 cm³/mol. The van der Waals surface area contributed by atoms with Crippen molar-refractivity contribution in [1.29, 1.82) is 0 Å². The van der Waals surface area contributed by atoms with Gasteiger partial charge in [-0.15, -0.1) is 0 Å². The van der Waals surface area contributed by atoms with Crippen LogP contribution in [0, 0.1) is 11.8 Å². The minimum atomic E-state index is -4.37. The third-order valence-electron chi connectivity index (χ3n) is 5.34. The lowest BCUT2D eigenvalue weighted by atomic mass is 9.90. The Balaban J connectivity index is 1.72. The quantitative estimate of drug-likeness (QED) is 0.915. The lowest BCUT2D eigenvalue weighted by molar-refractivity contribution is -0.139. The Bertz CT molecular complexity index is 617. The maximum Gasteiger partial charge on any atom is 0.416 e. The fraction of sp³-hybridized carbons (Fsp3) is 0.611.